The van der Waals surface area contributed by atoms with E-state index < -0.39 is 6.10 Å². The summed E-state index contributed by atoms with van der Waals surface area (Å²) in [5.41, 5.74) is 3.06. The number of ether oxygens (including phenoxy) is 1. The second-order valence-electron chi connectivity index (χ2n) is 7.40. The maximum atomic E-state index is 12.9. The van der Waals surface area contributed by atoms with Gasteiger partial charge in [0.25, 0.3) is 11.8 Å². The van der Waals surface area contributed by atoms with Gasteiger partial charge in [0, 0.05) is 0 Å². The number of nitrogens with one attached hydrogen (secondary N) is 2. The highest BCUT2D eigenvalue weighted by atomic mass is 16.5. The number of rotatable bonds is 8. The lowest BCUT2D eigenvalue weighted by atomic mass is 10.1. The van der Waals surface area contributed by atoms with E-state index in [2.05, 4.69) is 17.6 Å². The molecule has 0 aromatic heterocycles. The lowest BCUT2D eigenvalue weighted by molar-refractivity contribution is -0.122. The van der Waals surface area contributed by atoms with Gasteiger partial charge < -0.3 is 15.4 Å². The Morgan fingerprint density at radius 2 is 1.52 bits per heavy atom. The summed E-state index contributed by atoms with van der Waals surface area (Å²) < 4.78 is 5.76. The van der Waals surface area contributed by atoms with Gasteiger partial charge in [-0.25, -0.2) is 0 Å². The Balaban J connectivity index is 1.66. The fourth-order valence-electron chi connectivity index (χ4n) is 3.19. The van der Waals surface area contributed by atoms with Crippen molar-refractivity contribution in [2.45, 2.75) is 39.3 Å². The topological polar surface area (TPSA) is 67.4 Å². The highest BCUT2D eigenvalue weighted by Gasteiger charge is 2.19. The molecule has 5 heteroatoms. The van der Waals surface area contributed by atoms with Crippen molar-refractivity contribution in [3.8, 4) is 5.75 Å². The van der Waals surface area contributed by atoms with Crippen molar-refractivity contribution in [2.24, 2.45) is 0 Å². The van der Waals surface area contributed by atoms with Crippen LogP contribution in [0, 0.1) is 0 Å². The molecule has 0 saturated heterocycles. The number of amides is 2. The molecule has 0 aliphatic heterocycles. The van der Waals surface area contributed by atoms with Crippen LogP contribution < -0.4 is 15.4 Å². The van der Waals surface area contributed by atoms with E-state index in [1.807, 2.05) is 61.5 Å². The molecule has 0 saturated carbocycles. The monoisotopic (exact) mass is 416 g/mol. The molecule has 3 rings (SSSR count). The number of para-hydroxylation sites is 1. The first-order valence-electron chi connectivity index (χ1n) is 10.5. The molecule has 0 bridgehead atoms. The van der Waals surface area contributed by atoms with E-state index in [-0.39, 0.29) is 17.9 Å². The van der Waals surface area contributed by atoms with E-state index >= 15 is 0 Å². The van der Waals surface area contributed by atoms with Crippen LogP contribution in [0.3, 0.4) is 0 Å². The van der Waals surface area contributed by atoms with E-state index in [0.717, 1.165) is 12.0 Å². The third-order valence-electron chi connectivity index (χ3n) is 5.09. The number of carbonyl (C=O) groups is 2. The molecule has 5 nitrogen and oxygen atoms in total. The molecule has 160 valence electrons. The maximum absolute atomic E-state index is 12.9. The zero-order valence-electron chi connectivity index (χ0n) is 18.1. The van der Waals surface area contributed by atoms with Crippen LogP contribution in [0.4, 0.5) is 5.69 Å². The minimum absolute atomic E-state index is 0.161. The van der Waals surface area contributed by atoms with Crippen molar-refractivity contribution in [1.29, 1.82) is 0 Å². The molecule has 2 amide bonds. The number of benzene rings is 3. The molecular formula is C26H28N2O3. The van der Waals surface area contributed by atoms with E-state index in [1.165, 1.54) is 5.56 Å². The number of hydrogen-bond donors (Lipinski definition) is 2. The van der Waals surface area contributed by atoms with Crippen LogP contribution in [-0.2, 0) is 11.2 Å². The quantitative estimate of drug-likeness (QED) is 0.534. The molecule has 2 N–H and O–H groups in total. The highest BCUT2D eigenvalue weighted by molar-refractivity contribution is 6.04. The standard InChI is InChI=1S/C26H28N2O3/c1-4-20-14-16-22(17-15-20)31-19(3)25(29)28-24-13-9-8-12-23(24)26(30)27-18(2)21-10-6-5-7-11-21/h5-19H,4H2,1-3H3,(H,27,30)(H,28,29). The summed E-state index contributed by atoms with van der Waals surface area (Å²) in [6.45, 7) is 5.69. The maximum Gasteiger partial charge on any atom is 0.265 e. The molecule has 3 aromatic rings. The van der Waals surface area contributed by atoms with Gasteiger partial charge >= 0.3 is 0 Å². The molecule has 0 aliphatic carbocycles. The fourth-order valence-corrected chi connectivity index (χ4v) is 3.19. The van der Waals surface area contributed by atoms with Crippen LogP contribution in [0.15, 0.2) is 78.9 Å². The lowest BCUT2D eigenvalue weighted by Crippen LogP contribution is -2.32. The second-order valence-corrected chi connectivity index (χ2v) is 7.40. The van der Waals surface area contributed by atoms with Crippen LogP contribution >= 0.6 is 0 Å². The summed E-state index contributed by atoms with van der Waals surface area (Å²) in [5.74, 6) is 0.0504. The predicted octanol–water partition coefficient (Wildman–Crippen LogP) is 5.15. The Kier molecular flexibility index (Phi) is 7.44. The normalized spacial score (nSPS) is 12.5. The molecule has 2 atom stereocenters. The average Bonchev–Trinajstić information content (AvgIpc) is 2.80. The first-order chi connectivity index (χ1) is 15.0. The lowest BCUT2D eigenvalue weighted by Gasteiger charge is -2.18. The molecule has 0 heterocycles. The van der Waals surface area contributed by atoms with Crippen molar-refractivity contribution in [3.05, 3.63) is 95.6 Å². The van der Waals surface area contributed by atoms with Crippen molar-refractivity contribution in [3.63, 3.8) is 0 Å². The SMILES string of the molecule is CCc1ccc(OC(C)C(=O)Nc2ccccc2C(=O)NC(C)c2ccccc2)cc1. The molecule has 0 fully saturated rings. The summed E-state index contributed by atoms with van der Waals surface area (Å²) in [5, 5.41) is 5.81. The Morgan fingerprint density at radius 1 is 0.871 bits per heavy atom. The van der Waals surface area contributed by atoms with Crippen molar-refractivity contribution >= 4 is 17.5 Å². The third-order valence-corrected chi connectivity index (χ3v) is 5.09. The largest absolute Gasteiger partial charge is 0.481 e. The van der Waals surface area contributed by atoms with Crippen LogP contribution in [0.1, 0.15) is 48.3 Å². The van der Waals surface area contributed by atoms with Crippen LogP contribution in [0.25, 0.3) is 0 Å². The molecule has 0 aliphatic rings. The number of carbonyl (C=O) groups excluding carboxylic acids is 2. The van der Waals surface area contributed by atoms with Gasteiger partial charge in [0.1, 0.15) is 5.75 Å². The number of aryl methyl sites for hydroxylation is 1. The smallest absolute Gasteiger partial charge is 0.265 e. The Hall–Kier alpha value is -3.60. The molecule has 0 spiro atoms. The predicted molar refractivity (Wildman–Crippen MR) is 123 cm³/mol. The van der Waals surface area contributed by atoms with Crippen molar-refractivity contribution in [2.75, 3.05) is 5.32 Å². The van der Waals surface area contributed by atoms with Gasteiger partial charge in [-0.15, -0.1) is 0 Å². The average molecular weight is 417 g/mol. The van der Waals surface area contributed by atoms with E-state index in [0.29, 0.717) is 17.0 Å². The van der Waals surface area contributed by atoms with Gasteiger partial charge in [0.05, 0.1) is 17.3 Å². The van der Waals surface area contributed by atoms with Crippen LogP contribution in [0.5, 0.6) is 5.75 Å². The van der Waals surface area contributed by atoms with Gasteiger partial charge in [0.2, 0.25) is 0 Å². The van der Waals surface area contributed by atoms with Crippen molar-refractivity contribution in [1.82, 2.24) is 5.32 Å². The molecule has 2 unspecified atom stereocenters. The molecule has 3 aromatic carbocycles. The van der Waals surface area contributed by atoms with Gasteiger partial charge in [0.15, 0.2) is 6.10 Å². The molecule has 31 heavy (non-hydrogen) atoms. The summed E-state index contributed by atoms with van der Waals surface area (Å²) in [6.07, 6.45) is 0.227. The fraction of sp³-hybridized carbons (Fsp3) is 0.231. The van der Waals surface area contributed by atoms with Gasteiger partial charge in [-0.2, -0.15) is 0 Å². The third kappa shape index (κ3) is 5.95. The zero-order valence-corrected chi connectivity index (χ0v) is 18.1. The molecular weight excluding hydrogens is 388 g/mol. The summed E-state index contributed by atoms with van der Waals surface area (Å²) in [6, 6.07) is 24.2. The zero-order chi connectivity index (χ0) is 22.2. The van der Waals surface area contributed by atoms with Crippen LogP contribution in [0.2, 0.25) is 0 Å². The highest BCUT2D eigenvalue weighted by Crippen LogP contribution is 2.19. The number of anilines is 1. The van der Waals surface area contributed by atoms with Gasteiger partial charge in [-0.1, -0.05) is 61.5 Å². The first-order valence-corrected chi connectivity index (χ1v) is 10.5. The Bertz CT molecular complexity index is 1020. The van der Waals surface area contributed by atoms with Crippen molar-refractivity contribution < 1.29 is 14.3 Å². The van der Waals surface area contributed by atoms with Gasteiger partial charge in [-0.05, 0) is 55.7 Å². The van der Waals surface area contributed by atoms with E-state index in [1.54, 1.807) is 31.2 Å². The minimum Gasteiger partial charge on any atom is -0.481 e. The Labute approximate surface area is 183 Å². The molecule has 0 radical (unpaired) electrons. The van der Waals surface area contributed by atoms with Crippen LogP contribution in [-0.4, -0.2) is 17.9 Å². The van der Waals surface area contributed by atoms with E-state index in [4.69, 9.17) is 4.74 Å². The van der Waals surface area contributed by atoms with Gasteiger partial charge in [-0.3, -0.25) is 9.59 Å². The minimum atomic E-state index is -0.716. The summed E-state index contributed by atoms with van der Waals surface area (Å²) >= 11 is 0. The summed E-state index contributed by atoms with van der Waals surface area (Å²) in [4.78, 5) is 25.5. The number of hydrogen-bond acceptors (Lipinski definition) is 3. The Morgan fingerprint density at radius 3 is 2.19 bits per heavy atom. The second kappa shape index (κ2) is 10.4. The first kappa shape index (κ1) is 22.1. The van der Waals surface area contributed by atoms with E-state index in [9.17, 15) is 9.59 Å². The summed E-state index contributed by atoms with van der Waals surface area (Å²) in [7, 11) is 0.